The third-order valence-electron chi connectivity index (χ3n) is 5.72. The van der Waals surface area contributed by atoms with Crippen molar-refractivity contribution in [1.29, 1.82) is 0 Å². The maximum atomic E-state index is 12.4. The minimum atomic E-state index is -0.422. The van der Waals surface area contributed by atoms with Crippen LogP contribution < -0.4 is 10.5 Å². The van der Waals surface area contributed by atoms with Crippen molar-refractivity contribution in [1.82, 2.24) is 9.47 Å². The Kier molecular flexibility index (Phi) is 6.62. The molecule has 3 rings (SSSR count). The molecule has 0 bridgehead atoms. The van der Waals surface area contributed by atoms with Crippen molar-refractivity contribution >= 4 is 11.8 Å². The van der Waals surface area contributed by atoms with Gasteiger partial charge in [-0.2, -0.15) is 0 Å². The number of hydrogen-bond acceptors (Lipinski definition) is 3. The molecular weight excluding hydrogens is 366 g/mol. The van der Waals surface area contributed by atoms with Crippen molar-refractivity contribution in [3.63, 3.8) is 0 Å². The Morgan fingerprint density at radius 3 is 2.62 bits per heavy atom. The van der Waals surface area contributed by atoms with Crippen LogP contribution in [-0.2, 0) is 17.8 Å². The van der Waals surface area contributed by atoms with Crippen LogP contribution in [0.5, 0.6) is 5.75 Å². The predicted molar refractivity (Wildman–Crippen MR) is 114 cm³/mol. The van der Waals surface area contributed by atoms with Gasteiger partial charge in [0.2, 0.25) is 5.91 Å². The first-order valence-electron chi connectivity index (χ1n) is 10.4. The second-order valence-corrected chi connectivity index (χ2v) is 7.59. The van der Waals surface area contributed by atoms with Crippen molar-refractivity contribution in [2.24, 2.45) is 5.73 Å². The smallest absolute Gasteiger partial charge is 0.251 e. The standard InChI is InChI=1S/C23H31N3O3/c1-4-9-18-22(17-10-5-6-11-19(17)29-3)21(23(24)28)16(2)26(18)15-8-14-25-13-7-12-20(25)27/h5-6,10-11H,4,7-9,12-15H2,1-3H3,(H2,24,28). The number of amides is 2. The first kappa shape index (κ1) is 21.0. The average Bonchev–Trinajstić information content (AvgIpc) is 3.23. The highest BCUT2D eigenvalue weighted by molar-refractivity contribution is 6.03. The van der Waals surface area contributed by atoms with Crippen molar-refractivity contribution in [2.45, 2.75) is 52.5 Å². The molecule has 1 fully saturated rings. The van der Waals surface area contributed by atoms with Gasteiger partial charge in [0.25, 0.3) is 5.91 Å². The Labute approximate surface area is 172 Å². The second-order valence-electron chi connectivity index (χ2n) is 7.59. The molecule has 156 valence electrons. The molecule has 1 aliphatic rings. The fourth-order valence-electron chi connectivity index (χ4n) is 4.40. The number of carbonyl (C=O) groups is 2. The highest BCUT2D eigenvalue weighted by atomic mass is 16.5. The van der Waals surface area contributed by atoms with E-state index in [0.29, 0.717) is 12.0 Å². The number of likely N-dealkylation sites (tertiary alicyclic amines) is 1. The quantitative estimate of drug-likeness (QED) is 0.703. The van der Waals surface area contributed by atoms with Gasteiger partial charge in [-0.3, -0.25) is 9.59 Å². The predicted octanol–water partition coefficient (Wildman–Crippen LogP) is 3.54. The lowest BCUT2D eigenvalue weighted by Gasteiger charge is -2.18. The molecular formula is C23H31N3O3. The summed E-state index contributed by atoms with van der Waals surface area (Å²) < 4.78 is 7.79. The molecule has 1 aromatic carbocycles. The van der Waals surface area contributed by atoms with Gasteiger partial charge in [0, 0.05) is 48.6 Å². The van der Waals surface area contributed by atoms with E-state index in [-0.39, 0.29) is 5.91 Å². The number of hydrogen-bond donors (Lipinski definition) is 1. The Bertz CT molecular complexity index is 901. The first-order valence-corrected chi connectivity index (χ1v) is 10.4. The zero-order valence-electron chi connectivity index (χ0n) is 17.7. The summed E-state index contributed by atoms with van der Waals surface area (Å²) in [6, 6.07) is 7.75. The normalized spacial score (nSPS) is 13.9. The number of aromatic nitrogens is 1. The lowest BCUT2D eigenvalue weighted by atomic mass is 9.97. The minimum absolute atomic E-state index is 0.246. The highest BCUT2D eigenvalue weighted by Gasteiger charge is 2.26. The number of benzene rings is 1. The third-order valence-corrected chi connectivity index (χ3v) is 5.72. The summed E-state index contributed by atoms with van der Waals surface area (Å²) in [6.07, 6.45) is 4.25. The SMILES string of the molecule is CCCc1c(-c2ccccc2OC)c(C(N)=O)c(C)n1CCCN1CCCC1=O. The van der Waals surface area contributed by atoms with E-state index < -0.39 is 5.91 Å². The molecule has 0 atom stereocenters. The summed E-state index contributed by atoms with van der Waals surface area (Å²) in [5, 5.41) is 0. The van der Waals surface area contributed by atoms with E-state index in [2.05, 4.69) is 11.5 Å². The van der Waals surface area contributed by atoms with Crippen LogP contribution in [0.15, 0.2) is 24.3 Å². The van der Waals surface area contributed by atoms with Crippen molar-refractivity contribution in [3.05, 3.63) is 41.2 Å². The van der Waals surface area contributed by atoms with Crippen LogP contribution in [0.1, 0.15) is 54.4 Å². The molecule has 0 aliphatic carbocycles. The Morgan fingerprint density at radius 1 is 1.24 bits per heavy atom. The number of ether oxygens (including phenoxy) is 1. The third kappa shape index (κ3) is 4.16. The van der Waals surface area contributed by atoms with Crippen LogP contribution in [0.3, 0.4) is 0 Å². The number of nitrogens with zero attached hydrogens (tertiary/aromatic N) is 2. The Balaban J connectivity index is 2.02. The molecule has 2 amide bonds. The van der Waals surface area contributed by atoms with Crippen molar-refractivity contribution < 1.29 is 14.3 Å². The molecule has 2 heterocycles. The molecule has 29 heavy (non-hydrogen) atoms. The largest absolute Gasteiger partial charge is 0.496 e. The van der Waals surface area contributed by atoms with Gasteiger partial charge in [-0.25, -0.2) is 0 Å². The number of methoxy groups -OCH3 is 1. The molecule has 2 N–H and O–H groups in total. The molecule has 1 aliphatic heterocycles. The summed E-state index contributed by atoms with van der Waals surface area (Å²) >= 11 is 0. The van der Waals surface area contributed by atoms with Gasteiger partial charge < -0.3 is 19.9 Å². The van der Waals surface area contributed by atoms with Crippen molar-refractivity contribution in [2.75, 3.05) is 20.2 Å². The van der Waals surface area contributed by atoms with Gasteiger partial charge in [-0.1, -0.05) is 31.5 Å². The van der Waals surface area contributed by atoms with E-state index in [9.17, 15) is 9.59 Å². The molecule has 0 spiro atoms. The molecule has 2 aromatic rings. The molecule has 0 unspecified atom stereocenters. The van der Waals surface area contributed by atoms with Gasteiger partial charge in [-0.15, -0.1) is 0 Å². The Hall–Kier alpha value is -2.76. The maximum Gasteiger partial charge on any atom is 0.251 e. The minimum Gasteiger partial charge on any atom is -0.496 e. The summed E-state index contributed by atoms with van der Waals surface area (Å²) in [7, 11) is 1.64. The number of para-hydroxylation sites is 1. The van der Waals surface area contributed by atoms with E-state index in [1.807, 2.05) is 36.1 Å². The van der Waals surface area contributed by atoms with Gasteiger partial charge in [0.05, 0.1) is 12.7 Å². The first-order chi connectivity index (χ1) is 14.0. The topological polar surface area (TPSA) is 77.6 Å². The second kappa shape index (κ2) is 9.16. The van der Waals surface area contributed by atoms with Gasteiger partial charge in [0.15, 0.2) is 0 Å². The van der Waals surface area contributed by atoms with E-state index in [1.165, 1.54) is 0 Å². The van der Waals surface area contributed by atoms with Crippen LogP contribution in [0.25, 0.3) is 11.1 Å². The molecule has 6 heteroatoms. The van der Waals surface area contributed by atoms with Crippen molar-refractivity contribution in [3.8, 4) is 16.9 Å². The summed E-state index contributed by atoms with van der Waals surface area (Å²) in [5.74, 6) is 0.553. The van der Waals surface area contributed by atoms with Gasteiger partial charge in [-0.05, 0) is 32.3 Å². The lowest BCUT2D eigenvalue weighted by molar-refractivity contribution is -0.127. The fourth-order valence-corrected chi connectivity index (χ4v) is 4.40. The lowest BCUT2D eigenvalue weighted by Crippen LogP contribution is -2.26. The number of primary amides is 1. The summed E-state index contributed by atoms with van der Waals surface area (Å²) in [5.41, 5.74) is 10.2. The zero-order valence-corrected chi connectivity index (χ0v) is 17.7. The zero-order chi connectivity index (χ0) is 21.0. The molecule has 1 saturated heterocycles. The molecule has 0 radical (unpaired) electrons. The van der Waals surface area contributed by atoms with E-state index in [1.54, 1.807) is 7.11 Å². The van der Waals surface area contributed by atoms with Crippen LogP contribution >= 0.6 is 0 Å². The van der Waals surface area contributed by atoms with Crippen LogP contribution in [-0.4, -0.2) is 41.5 Å². The van der Waals surface area contributed by atoms with Crippen LogP contribution in [0.4, 0.5) is 0 Å². The van der Waals surface area contributed by atoms with Gasteiger partial charge in [0.1, 0.15) is 5.75 Å². The van der Waals surface area contributed by atoms with Gasteiger partial charge >= 0.3 is 0 Å². The molecule has 6 nitrogen and oxygen atoms in total. The number of rotatable bonds is 9. The van der Waals surface area contributed by atoms with Crippen LogP contribution in [0, 0.1) is 6.92 Å². The summed E-state index contributed by atoms with van der Waals surface area (Å²) in [6.45, 7) is 6.44. The highest BCUT2D eigenvalue weighted by Crippen LogP contribution is 2.38. The average molecular weight is 398 g/mol. The fraction of sp³-hybridized carbons (Fsp3) is 0.478. The van der Waals surface area contributed by atoms with E-state index >= 15 is 0 Å². The summed E-state index contributed by atoms with van der Waals surface area (Å²) in [4.78, 5) is 26.3. The van der Waals surface area contributed by atoms with Crippen LogP contribution in [0.2, 0.25) is 0 Å². The number of carbonyl (C=O) groups excluding carboxylic acids is 2. The maximum absolute atomic E-state index is 12.4. The van der Waals surface area contributed by atoms with E-state index in [4.69, 9.17) is 10.5 Å². The van der Waals surface area contributed by atoms with E-state index in [0.717, 1.165) is 73.6 Å². The number of nitrogens with two attached hydrogens (primary N) is 1. The molecule has 1 aromatic heterocycles. The Morgan fingerprint density at radius 2 is 2.00 bits per heavy atom. The monoisotopic (exact) mass is 397 g/mol. The molecule has 0 saturated carbocycles.